The molecule has 0 aliphatic carbocycles. The van der Waals surface area contributed by atoms with E-state index in [4.69, 9.17) is 0 Å². The molecule has 1 aliphatic heterocycles. The number of sulfone groups is 1. The van der Waals surface area contributed by atoms with Gasteiger partial charge in [0.1, 0.15) is 5.82 Å². The van der Waals surface area contributed by atoms with Crippen LogP contribution in [0, 0.1) is 6.92 Å². The first-order chi connectivity index (χ1) is 12.4. The Bertz CT molecular complexity index is 1010. The van der Waals surface area contributed by atoms with Crippen molar-refractivity contribution in [2.24, 2.45) is 4.99 Å². The van der Waals surface area contributed by atoms with Crippen molar-refractivity contribution in [2.75, 3.05) is 7.05 Å². The van der Waals surface area contributed by atoms with Crippen molar-refractivity contribution in [3.63, 3.8) is 0 Å². The summed E-state index contributed by atoms with van der Waals surface area (Å²) in [5, 5.41) is 3.18. The summed E-state index contributed by atoms with van der Waals surface area (Å²) >= 11 is 1.24. The fourth-order valence-corrected chi connectivity index (χ4v) is 4.37. The molecule has 1 amide bonds. The van der Waals surface area contributed by atoms with Gasteiger partial charge in [-0.3, -0.25) is 9.79 Å². The van der Waals surface area contributed by atoms with Crippen LogP contribution in [0.2, 0.25) is 0 Å². The minimum Gasteiger partial charge on any atom is -0.301 e. The Kier molecular flexibility index (Phi) is 5.19. The first-order valence-corrected chi connectivity index (χ1v) is 10.1. The third-order valence-electron chi connectivity index (χ3n) is 3.56. The maximum absolute atomic E-state index is 12.5. The van der Waals surface area contributed by atoms with Crippen LogP contribution in [0.4, 0.5) is 0 Å². The summed E-state index contributed by atoms with van der Waals surface area (Å²) in [6.45, 7) is 1.71. The molecule has 3 rings (SSSR count). The molecule has 0 radical (unpaired) electrons. The Morgan fingerprint density at radius 2 is 1.96 bits per heavy atom. The molecule has 1 fully saturated rings. The van der Waals surface area contributed by atoms with Crippen LogP contribution < -0.4 is 5.32 Å². The molecule has 1 N–H and O–H groups in total. The Morgan fingerprint density at radius 1 is 1.23 bits per heavy atom. The monoisotopic (exact) mass is 388 g/mol. The molecule has 2 aromatic rings. The number of carbonyl (C=O) groups excluding carboxylic acids is 1. The van der Waals surface area contributed by atoms with E-state index < -0.39 is 9.84 Å². The van der Waals surface area contributed by atoms with Gasteiger partial charge in [0.05, 0.1) is 21.2 Å². The quantitative estimate of drug-likeness (QED) is 0.804. The predicted molar refractivity (Wildman–Crippen MR) is 101 cm³/mol. The zero-order chi connectivity index (χ0) is 18.7. The summed E-state index contributed by atoms with van der Waals surface area (Å²) in [6.07, 6.45) is 3.24. The normalized spacial score (nSPS) is 17.7. The fraction of sp³-hybridized carbons (Fsp3) is 0.176. The molecule has 1 aromatic carbocycles. The largest absolute Gasteiger partial charge is 0.301 e. The van der Waals surface area contributed by atoms with Gasteiger partial charge in [0.2, 0.25) is 0 Å². The van der Waals surface area contributed by atoms with Crippen molar-refractivity contribution in [3.8, 4) is 0 Å². The van der Waals surface area contributed by atoms with E-state index in [9.17, 15) is 13.2 Å². The zero-order valence-electron chi connectivity index (χ0n) is 14.1. The summed E-state index contributed by atoms with van der Waals surface area (Å²) in [7, 11) is -1.91. The van der Waals surface area contributed by atoms with Crippen LogP contribution in [0.3, 0.4) is 0 Å². The van der Waals surface area contributed by atoms with Crippen molar-refractivity contribution in [1.82, 2.24) is 15.3 Å². The van der Waals surface area contributed by atoms with Crippen LogP contribution in [0.15, 0.2) is 51.3 Å². The van der Waals surface area contributed by atoms with E-state index in [1.54, 1.807) is 44.4 Å². The van der Waals surface area contributed by atoms with E-state index in [1.165, 1.54) is 23.9 Å². The molecule has 1 aromatic heterocycles. The number of rotatable bonds is 4. The number of carbonyl (C=O) groups is 1. The highest BCUT2D eigenvalue weighted by molar-refractivity contribution is 8.18. The second-order valence-electron chi connectivity index (χ2n) is 5.52. The molecule has 134 valence electrons. The first kappa shape index (κ1) is 18.3. The van der Waals surface area contributed by atoms with Gasteiger partial charge in [0, 0.05) is 13.2 Å². The molecule has 26 heavy (non-hydrogen) atoms. The van der Waals surface area contributed by atoms with Gasteiger partial charge in [-0.15, -0.1) is 0 Å². The van der Waals surface area contributed by atoms with E-state index in [0.717, 1.165) is 5.56 Å². The molecule has 0 unspecified atom stereocenters. The van der Waals surface area contributed by atoms with Crippen LogP contribution >= 0.6 is 11.8 Å². The Hall–Kier alpha value is -2.52. The summed E-state index contributed by atoms with van der Waals surface area (Å²) in [5.41, 5.74) is 1.19. The van der Waals surface area contributed by atoms with Gasteiger partial charge in [0.25, 0.3) is 5.91 Å². The van der Waals surface area contributed by atoms with E-state index in [1.807, 2.05) is 0 Å². The average Bonchev–Trinajstić information content (AvgIpc) is 2.95. The van der Waals surface area contributed by atoms with Gasteiger partial charge < -0.3 is 5.32 Å². The Labute approximate surface area is 155 Å². The maximum Gasteiger partial charge on any atom is 0.264 e. The molecule has 7 nitrogen and oxygen atoms in total. The fourth-order valence-electron chi connectivity index (χ4n) is 2.32. The molecule has 0 bridgehead atoms. The summed E-state index contributed by atoms with van der Waals surface area (Å²) in [6, 6.07) is 7.98. The van der Waals surface area contributed by atoms with Gasteiger partial charge in [-0.2, -0.15) is 0 Å². The number of aromatic nitrogens is 2. The second-order valence-corrected chi connectivity index (χ2v) is 8.54. The van der Waals surface area contributed by atoms with Crippen molar-refractivity contribution in [3.05, 3.63) is 58.5 Å². The topological polar surface area (TPSA) is 101 Å². The molecule has 0 atom stereocenters. The highest BCUT2D eigenvalue weighted by Crippen LogP contribution is 2.26. The molecule has 0 saturated carbocycles. The number of hydrogen-bond acceptors (Lipinski definition) is 7. The van der Waals surface area contributed by atoms with Crippen LogP contribution in [0.25, 0.3) is 6.08 Å². The maximum atomic E-state index is 12.5. The molecule has 2 heterocycles. The number of hydrogen-bond donors (Lipinski definition) is 1. The van der Waals surface area contributed by atoms with Gasteiger partial charge in [-0.05, 0) is 48.5 Å². The average molecular weight is 388 g/mol. The highest BCUT2D eigenvalue weighted by Gasteiger charge is 2.23. The lowest BCUT2D eigenvalue weighted by atomic mass is 10.2. The smallest absolute Gasteiger partial charge is 0.264 e. The molecule has 0 spiro atoms. The third kappa shape index (κ3) is 4.17. The van der Waals surface area contributed by atoms with Crippen LogP contribution in [-0.4, -0.2) is 36.5 Å². The van der Waals surface area contributed by atoms with Crippen LogP contribution in [0.1, 0.15) is 17.1 Å². The number of aliphatic imine (C=N–C) groups is 1. The molecular weight excluding hydrogens is 372 g/mol. The number of thioether (sulfide) groups is 1. The lowest BCUT2D eigenvalue weighted by Gasteiger charge is -2.05. The van der Waals surface area contributed by atoms with Crippen molar-refractivity contribution in [2.45, 2.75) is 17.6 Å². The molecular formula is C17H16N4O3S2. The minimum absolute atomic E-state index is 0.189. The van der Waals surface area contributed by atoms with E-state index in [2.05, 4.69) is 20.3 Å². The number of benzene rings is 1. The van der Waals surface area contributed by atoms with Crippen LogP contribution in [-0.2, 0) is 20.4 Å². The lowest BCUT2D eigenvalue weighted by molar-refractivity contribution is -0.115. The predicted octanol–water partition coefficient (Wildman–Crippen LogP) is 1.95. The standard InChI is InChI=1S/C17H16N4O3S2/c1-11-19-8-7-13(20-11)10-26(23,24)14-5-3-12(4-6-14)9-15-16(22)21-17(18-2)25-15/h3-9H,10H2,1-2H3,(H,18,21,22)/b15-9+. The number of aryl methyl sites for hydroxylation is 1. The number of nitrogens with zero attached hydrogens (tertiary/aromatic N) is 3. The van der Waals surface area contributed by atoms with Gasteiger partial charge >= 0.3 is 0 Å². The Morgan fingerprint density at radius 3 is 2.58 bits per heavy atom. The molecule has 1 aliphatic rings. The minimum atomic E-state index is -3.51. The summed E-state index contributed by atoms with van der Waals surface area (Å²) in [4.78, 5) is 24.6. The van der Waals surface area contributed by atoms with Gasteiger partial charge in [-0.25, -0.2) is 18.4 Å². The lowest BCUT2D eigenvalue weighted by Crippen LogP contribution is -2.19. The SMILES string of the molecule is CN=C1NC(=O)/C(=C\c2ccc(S(=O)(=O)Cc3ccnc(C)n3)cc2)S1. The van der Waals surface area contributed by atoms with E-state index in [0.29, 0.717) is 21.6 Å². The number of amidine groups is 1. The van der Waals surface area contributed by atoms with E-state index >= 15 is 0 Å². The van der Waals surface area contributed by atoms with Gasteiger partial charge in [0.15, 0.2) is 15.0 Å². The second kappa shape index (κ2) is 7.38. The third-order valence-corrected chi connectivity index (χ3v) is 6.23. The van der Waals surface area contributed by atoms with Crippen molar-refractivity contribution >= 4 is 38.7 Å². The molecule has 1 saturated heterocycles. The zero-order valence-corrected chi connectivity index (χ0v) is 15.8. The Balaban J connectivity index is 1.80. The van der Waals surface area contributed by atoms with E-state index in [-0.39, 0.29) is 16.6 Å². The van der Waals surface area contributed by atoms with Gasteiger partial charge in [-0.1, -0.05) is 12.1 Å². The van der Waals surface area contributed by atoms with Crippen LogP contribution in [0.5, 0.6) is 0 Å². The number of amides is 1. The summed E-state index contributed by atoms with van der Waals surface area (Å²) in [5.74, 6) is 0.124. The molecule has 9 heteroatoms. The van der Waals surface area contributed by atoms with Crippen molar-refractivity contribution in [1.29, 1.82) is 0 Å². The van der Waals surface area contributed by atoms with Crippen molar-refractivity contribution < 1.29 is 13.2 Å². The number of nitrogens with one attached hydrogen (secondary N) is 1. The first-order valence-electron chi connectivity index (χ1n) is 7.66. The summed E-state index contributed by atoms with van der Waals surface area (Å²) < 4.78 is 25.1. The highest BCUT2D eigenvalue weighted by atomic mass is 32.2.